The van der Waals surface area contributed by atoms with E-state index < -0.39 is 0 Å². The number of aromatic nitrogens is 2. The van der Waals surface area contributed by atoms with Crippen LogP contribution in [0.5, 0.6) is 0 Å². The van der Waals surface area contributed by atoms with Gasteiger partial charge in [-0.2, -0.15) is 0 Å². The fraction of sp³-hybridized carbons (Fsp3) is 0.700. The van der Waals surface area contributed by atoms with Crippen molar-refractivity contribution in [3.8, 4) is 0 Å². The number of nitrogens with one attached hydrogen (secondary N) is 2. The molecule has 0 radical (unpaired) electrons. The monoisotopic (exact) mass is 196 g/mol. The normalized spacial score (nSPS) is 12.8. The van der Waals surface area contributed by atoms with Crippen LogP contribution < -0.4 is 10.6 Å². The molecule has 0 amide bonds. The zero-order chi connectivity index (χ0) is 10.4. The highest BCUT2D eigenvalue weighted by Crippen LogP contribution is 2.04. The van der Waals surface area contributed by atoms with Crippen molar-refractivity contribution < 1.29 is 0 Å². The van der Waals surface area contributed by atoms with Gasteiger partial charge in [0.1, 0.15) is 0 Å². The third-order valence-electron chi connectivity index (χ3n) is 2.22. The van der Waals surface area contributed by atoms with E-state index >= 15 is 0 Å². The van der Waals surface area contributed by atoms with Gasteiger partial charge in [-0.3, -0.25) is 0 Å². The number of nitrogens with zero attached hydrogens (tertiary/aromatic N) is 2. The number of hydrogen-bond acceptors (Lipinski definition) is 3. The zero-order valence-corrected chi connectivity index (χ0v) is 9.25. The van der Waals surface area contributed by atoms with E-state index in [2.05, 4.69) is 34.0 Å². The van der Waals surface area contributed by atoms with E-state index in [-0.39, 0.29) is 0 Å². The van der Waals surface area contributed by atoms with Crippen molar-refractivity contribution in [2.75, 3.05) is 25.5 Å². The molecule has 0 fully saturated rings. The second-order valence-corrected chi connectivity index (χ2v) is 3.58. The summed E-state index contributed by atoms with van der Waals surface area (Å²) in [5, 5.41) is 6.50. The fourth-order valence-electron chi connectivity index (χ4n) is 1.42. The summed E-state index contributed by atoms with van der Waals surface area (Å²) in [6, 6.07) is 0. The average Bonchev–Trinajstić information content (AvgIpc) is 2.62. The van der Waals surface area contributed by atoms with Crippen molar-refractivity contribution in [1.82, 2.24) is 14.9 Å². The van der Waals surface area contributed by atoms with Crippen molar-refractivity contribution in [3.63, 3.8) is 0 Å². The Hall–Kier alpha value is -1.03. The SMILES string of the molecule is CCn1ccnc1NCC(C)CNC. The van der Waals surface area contributed by atoms with Crippen molar-refractivity contribution in [1.29, 1.82) is 0 Å². The molecule has 4 nitrogen and oxygen atoms in total. The first-order valence-electron chi connectivity index (χ1n) is 5.17. The minimum absolute atomic E-state index is 0.613. The first-order chi connectivity index (χ1) is 6.77. The van der Waals surface area contributed by atoms with Gasteiger partial charge in [-0.05, 0) is 26.4 Å². The Balaban J connectivity index is 2.37. The molecule has 0 aliphatic rings. The summed E-state index contributed by atoms with van der Waals surface area (Å²) in [7, 11) is 1.98. The second kappa shape index (κ2) is 5.65. The van der Waals surface area contributed by atoms with E-state index in [0.717, 1.165) is 25.6 Å². The third kappa shape index (κ3) is 3.03. The summed E-state index contributed by atoms with van der Waals surface area (Å²) in [4.78, 5) is 4.25. The van der Waals surface area contributed by atoms with Gasteiger partial charge < -0.3 is 15.2 Å². The van der Waals surface area contributed by atoms with Crippen molar-refractivity contribution in [2.24, 2.45) is 5.92 Å². The van der Waals surface area contributed by atoms with E-state index in [1.165, 1.54) is 0 Å². The molecule has 1 heterocycles. The zero-order valence-electron chi connectivity index (χ0n) is 9.25. The van der Waals surface area contributed by atoms with Gasteiger partial charge in [0.15, 0.2) is 0 Å². The molecular weight excluding hydrogens is 176 g/mol. The maximum atomic E-state index is 4.25. The summed E-state index contributed by atoms with van der Waals surface area (Å²) in [5.74, 6) is 1.58. The molecule has 1 unspecified atom stereocenters. The highest BCUT2D eigenvalue weighted by molar-refractivity contribution is 5.25. The van der Waals surface area contributed by atoms with Gasteiger partial charge in [0.25, 0.3) is 0 Å². The summed E-state index contributed by atoms with van der Waals surface area (Å²) < 4.78 is 2.10. The lowest BCUT2D eigenvalue weighted by molar-refractivity contribution is 0.565. The van der Waals surface area contributed by atoms with Crippen LogP contribution in [0.3, 0.4) is 0 Å². The number of anilines is 1. The van der Waals surface area contributed by atoms with Gasteiger partial charge in [-0.1, -0.05) is 6.92 Å². The first-order valence-corrected chi connectivity index (χ1v) is 5.17. The molecule has 0 aromatic carbocycles. The van der Waals surface area contributed by atoms with Crippen molar-refractivity contribution >= 4 is 5.95 Å². The lowest BCUT2D eigenvalue weighted by atomic mass is 10.2. The molecule has 0 aliphatic carbocycles. The van der Waals surface area contributed by atoms with Gasteiger partial charge in [0.05, 0.1) is 0 Å². The van der Waals surface area contributed by atoms with Crippen LogP contribution in [-0.2, 0) is 6.54 Å². The Morgan fingerprint density at radius 3 is 2.93 bits per heavy atom. The predicted octanol–water partition coefficient (Wildman–Crippen LogP) is 1.17. The van der Waals surface area contributed by atoms with Gasteiger partial charge in [0.2, 0.25) is 5.95 Å². The van der Waals surface area contributed by atoms with Crippen LogP contribution in [0.2, 0.25) is 0 Å². The minimum atomic E-state index is 0.613. The highest BCUT2D eigenvalue weighted by Gasteiger charge is 2.03. The van der Waals surface area contributed by atoms with Gasteiger partial charge in [-0.15, -0.1) is 0 Å². The van der Waals surface area contributed by atoms with E-state index in [9.17, 15) is 0 Å². The lowest BCUT2D eigenvalue weighted by Crippen LogP contribution is -2.23. The van der Waals surface area contributed by atoms with Gasteiger partial charge >= 0.3 is 0 Å². The van der Waals surface area contributed by atoms with Crippen molar-refractivity contribution in [2.45, 2.75) is 20.4 Å². The summed E-state index contributed by atoms with van der Waals surface area (Å²) >= 11 is 0. The third-order valence-corrected chi connectivity index (χ3v) is 2.22. The van der Waals surface area contributed by atoms with Crippen LogP contribution in [0.4, 0.5) is 5.95 Å². The van der Waals surface area contributed by atoms with E-state index in [1.807, 2.05) is 19.4 Å². The lowest BCUT2D eigenvalue weighted by Gasteiger charge is -2.13. The molecule has 0 saturated carbocycles. The quantitative estimate of drug-likeness (QED) is 0.717. The molecule has 4 heteroatoms. The number of rotatable bonds is 6. The van der Waals surface area contributed by atoms with Crippen LogP contribution in [0.1, 0.15) is 13.8 Å². The molecular formula is C10H20N4. The number of imidazole rings is 1. The van der Waals surface area contributed by atoms with Gasteiger partial charge in [-0.25, -0.2) is 4.98 Å². The van der Waals surface area contributed by atoms with Crippen LogP contribution in [0.25, 0.3) is 0 Å². The molecule has 14 heavy (non-hydrogen) atoms. The molecule has 1 aromatic rings. The Kier molecular flexibility index (Phi) is 4.46. The topological polar surface area (TPSA) is 41.9 Å². The second-order valence-electron chi connectivity index (χ2n) is 3.58. The minimum Gasteiger partial charge on any atom is -0.355 e. The molecule has 1 aromatic heterocycles. The summed E-state index contributed by atoms with van der Waals surface area (Å²) in [6.45, 7) is 7.27. The fourth-order valence-corrected chi connectivity index (χ4v) is 1.42. The van der Waals surface area contributed by atoms with Crippen molar-refractivity contribution in [3.05, 3.63) is 12.4 Å². The van der Waals surface area contributed by atoms with Crippen LogP contribution in [-0.4, -0.2) is 29.7 Å². The van der Waals surface area contributed by atoms with E-state index in [1.54, 1.807) is 0 Å². The van der Waals surface area contributed by atoms with Gasteiger partial charge in [0, 0.05) is 25.5 Å². The highest BCUT2D eigenvalue weighted by atomic mass is 15.2. The summed E-state index contributed by atoms with van der Waals surface area (Å²) in [5.41, 5.74) is 0. The Morgan fingerprint density at radius 2 is 2.29 bits per heavy atom. The number of hydrogen-bond donors (Lipinski definition) is 2. The Morgan fingerprint density at radius 1 is 1.50 bits per heavy atom. The molecule has 2 N–H and O–H groups in total. The molecule has 0 spiro atoms. The van der Waals surface area contributed by atoms with Crippen LogP contribution >= 0.6 is 0 Å². The molecule has 0 aliphatic heterocycles. The molecule has 80 valence electrons. The average molecular weight is 196 g/mol. The number of aryl methyl sites for hydroxylation is 1. The predicted molar refractivity (Wildman–Crippen MR) is 59.5 cm³/mol. The largest absolute Gasteiger partial charge is 0.355 e. The smallest absolute Gasteiger partial charge is 0.202 e. The molecule has 1 atom stereocenters. The van der Waals surface area contributed by atoms with Crippen LogP contribution in [0, 0.1) is 5.92 Å². The molecule has 0 saturated heterocycles. The Bertz CT molecular complexity index is 256. The first kappa shape index (κ1) is 11.0. The maximum Gasteiger partial charge on any atom is 0.202 e. The van der Waals surface area contributed by atoms with E-state index in [4.69, 9.17) is 0 Å². The summed E-state index contributed by atoms with van der Waals surface area (Å²) in [6.07, 6.45) is 3.82. The van der Waals surface area contributed by atoms with E-state index in [0.29, 0.717) is 5.92 Å². The Labute approximate surface area is 85.7 Å². The van der Waals surface area contributed by atoms with Crippen LogP contribution in [0.15, 0.2) is 12.4 Å². The standard InChI is InChI=1S/C10H20N4/c1-4-14-6-5-12-10(14)13-8-9(2)7-11-3/h5-6,9,11H,4,7-8H2,1-3H3,(H,12,13). The molecule has 1 rings (SSSR count). The molecule has 0 bridgehead atoms. The maximum absolute atomic E-state index is 4.25.